The van der Waals surface area contributed by atoms with Crippen LogP contribution in [0.3, 0.4) is 0 Å². The number of nitrogens with one attached hydrogen (secondary N) is 2. The highest BCUT2D eigenvalue weighted by Crippen LogP contribution is 2.23. The van der Waals surface area contributed by atoms with Crippen LogP contribution in [0.15, 0.2) is 49.1 Å². The second-order valence-corrected chi connectivity index (χ2v) is 8.23. The number of hydrogen-bond donors (Lipinski definition) is 2. The van der Waals surface area contributed by atoms with Crippen molar-refractivity contribution < 1.29 is 9.59 Å². The zero-order valence-electron chi connectivity index (χ0n) is 16.7. The number of benzene rings is 1. The molecule has 2 aromatic heterocycles. The van der Waals surface area contributed by atoms with Crippen molar-refractivity contribution in [3.63, 3.8) is 0 Å². The van der Waals surface area contributed by atoms with Crippen LogP contribution in [0, 0.1) is 0 Å². The number of urea groups is 1. The van der Waals surface area contributed by atoms with Crippen LogP contribution in [0.4, 0.5) is 10.5 Å². The van der Waals surface area contributed by atoms with E-state index in [2.05, 4.69) is 20.7 Å². The summed E-state index contributed by atoms with van der Waals surface area (Å²) >= 11 is 12.0. The van der Waals surface area contributed by atoms with Crippen molar-refractivity contribution in [1.82, 2.24) is 25.0 Å². The quantitative estimate of drug-likeness (QED) is 0.621. The van der Waals surface area contributed by atoms with E-state index in [0.717, 1.165) is 11.1 Å². The summed E-state index contributed by atoms with van der Waals surface area (Å²) in [5.41, 5.74) is 2.67. The molecule has 1 fully saturated rings. The molecule has 3 amide bonds. The van der Waals surface area contributed by atoms with E-state index >= 15 is 0 Å². The number of halogens is 2. The van der Waals surface area contributed by atoms with Gasteiger partial charge in [0, 0.05) is 71.6 Å². The molecule has 3 heterocycles. The van der Waals surface area contributed by atoms with E-state index in [1.165, 1.54) is 6.20 Å². The lowest BCUT2D eigenvalue weighted by Gasteiger charge is -2.18. The van der Waals surface area contributed by atoms with E-state index in [-0.39, 0.29) is 18.0 Å². The molecule has 3 aromatic rings. The molecule has 10 heteroatoms. The molecular formula is C21H20Cl2N6O2. The Kier molecular flexibility index (Phi) is 6.11. The Hall–Kier alpha value is -3.10. The van der Waals surface area contributed by atoms with E-state index in [9.17, 15) is 9.59 Å². The molecule has 1 unspecified atom stereocenters. The fourth-order valence-electron chi connectivity index (χ4n) is 3.45. The van der Waals surface area contributed by atoms with Gasteiger partial charge in [0.05, 0.1) is 11.8 Å². The molecule has 0 aliphatic carbocycles. The number of hydrogen-bond acceptors (Lipinski definition) is 4. The monoisotopic (exact) mass is 458 g/mol. The van der Waals surface area contributed by atoms with Crippen molar-refractivity contribution in [2.75, 3.05) is 18.4 Å². The molecule has 8 nitrogen and oxygen atoms in total. The van der Waals surface area contributed by atoms with E-state index in [0.29, 0.717) is 40.8 Å². The number of amides is 3. The molecule has 4 rings (SSSR count). The summed E-state index contributed by atoms with van der Waals surface area (Å²) in [6.45, 7) is 0.931. The van der Waals surface area contributed by atoms with E-state index in [1.807, 2.05) is 13.2 Å². The molecule has 160 valence electrons. The Morgan fingerprint density at radius 1 is 1.06 bits per heavy atom. The van der Waals surface area contributed by atoms with E-state index < -0.39 is 0 Å². The van der Waals surface area contributed by atoms with Gasteiger partial charge in [0.25, 0.3) is 5.91 Å². The van der Waals surface area contributed by atoms with Gasteiger partial charge in [-0.2, -0.15) is 5.10 Å². The van der Waals surface area contributed by atoms with Crippen molar-refractivity contribution in [1.29, 1.82) is 0 Å². The van der Waals surface area contributed by atoms with Crippen molar-refractivity contribution >= 4 is 40.8 Å². The van der Waals surface area contributed by atoms with Gasteiger partial charge in [0.1, 0.15) is 0 Å². The maximum absolute atomic E-state index is 12.7. The van der Waals surface area contributed by atoms with Gasteiger partial charge in [-0.05, 0) is 30.7 Å². The second kappa shape index (κ2) is 8.95. The molecule has 1 saturated heterocycles. The maximum atomic E-state index is 12.7. The summed E-state index contributed by atoms with van der Waals surface area (Å²) in [5.74, 6) is -0.230. The van der Waals surface area contributed by atoms with Crippen LogP contribution in [0.1, 0.15) is 16.8 Å². The van der Waals surface area contributed by atoms with Crippen LogP contribution >= 0.6 is 23.2 Å². The molecule has 1 aromatic carbocycles. The van der Waals surface area contributed by atoms with Crippen molar-refractivity contribution in [3.05, 3.63) is 64.7 Å². The van der Waals surface area contributed by atoms with Gasteiger partial charge < -0.3 is 15.5 Å². The minimum atomic E-state index is -0.268. The second-order valence-electron chi connectivity index (χ2n) is 7.36. The summed E-state index contributed by atoms with van der Waals surface area (Å²) < 4.78 is 1.69. The van der Waals surface area contributed by atoms with Crippen LogP contribution in [-0.4, -0.2) is 50.7 Å². The first kappa shape index (κ1) is 21.1. The highest BCUT2D eigenvalue weighted by atomic mass is 35.5. The Bertz CT molecular complexity index is 1110. The summed E-state index contributed by atoms with van der Waals surface area (Å²) in [4.78, 5) is 31.1. The number of pyridine rings is 1. The van der Waals surface area contributed by atoms with Gasteiger partial charge in [-0.15, -0.1) is 0 Å². The number of likely N-dealkylation sites (tertiary alicyclic amines) is 1. The number of carbonyl (C=O) groups excluding carboxylic acids is 2. The largest absolute Gasteiger partial charge is 0.347 e. The third-order valence-electron chi connectivity index (χ3n) is 4.96. The lowest BCUT2D eigenvalue weighted by molar-refractivity contribution is 0.0937. The number of anilines is 1. The van der Waals surface area contributed by atoms with Gasteiger partial charge in [0.2, 0.25) is 0 Å². The van der Waals surface area contributed by atoms with Crippen molar-refractivity contribution in [2.24, 2.45) is 7.05 Å². The first-order valence-electron chi connectivity index (χ1n) is 9.64. The number of nitrogens with zero attached hydrogens (tertiary/aromatic N) is 4. The Morgan fingerprint density at radius 2 is 1.84 bits per heavy atom. The molecular weight excluding hydrogens is 439 g/mol. The summed E-state index contributed by atoms with van der Waals surface area (Å²) in [6.07, 6.45) is 7.46. The van der Waals surface area contributed by atoms with Crippen molar-refractivity contribution in [2.45, 2.75) is 12.5 Å². The van der Waals surface area contributed by atoms with E-state index in [4.69, 9.17) is 23.2 Å². The molecule has 0 bridgehead atoms. The van der Waals surface area contributed by atoms with Gasteiger partial charge in [-0.3, -0.25) is 14.5 Å². The number of aryl methyl sites for hydroxylation is 1. The van der Waals surface area contributed by atoms with Crippen LogP contribution in [0.2, 0.25) is 10.0 Å². The van der Waals surface area contributed by atoms with Crippen LogP contribution in [-0.2, 0) is 7.05 Å². The Morgan fingerprint density at radius 3 is 2.55 bits per heavy atom. The molecule has 31 heavy (non-hydrogen) atoms. The average molecular weight is 459 g/mol. The third kappa shape index (κ3) is 5.15. The predicted octanol–water partition coefficient (Wildman–Crippen LogP) is 3.83. The summed E-state index contributed by atoms with van der Waals surface area (Å²) in [5, 5.41) is 10.8. The molecule has 0 saturated carbocycles. The minimum Gasteiger partial charge on any atom is -0.347 e. The minimum absolute atomic E-state index is 0.150. The van der Waals surface area contributed by atoms with Gasteiger partial charge in [0.15, 0.2) is 0 Å². The average Bonchev–Trinajstić information content (AvgIpc) is 3.36. The van der Waals surface area contributed by atoms with Gasteiger partial charge >= 0.3 is 6.03 Å². The molecule has 1 aliphatic rings. The normalized spacial score (nSPS) is 15.7. The summed E-state index contributed by atoms with van der Waals surface area (Å²) in [6, 6.07) is 6.21. The highest BCUT2D eigenvalue weighted by molar-refractivity contribution is 6.35. The number of rotatable bonds is 4. The number of aromatic nitrogens is 3. The summed E-state index contributed by atoms with van der Waals surface area (Å²) in [7, 11) is 1.83. The topological polar surface area (TPSA) is 92.2 Å². The lowest BCUT2D eigenvalue weighted by atomic mass is 10.1. The zero-order chi connectivity index (χ0) is 22.0. The molecule has 0 spiro atoms. The van der Waals surface area contributed by atoms with Crippen LogP contribution in [0.5, 0.6) is 0 Å². The predicted molar refractivity (Wildman–Crippen MR) is 119 cm³/mol. The standard InChI is InChI=1S/C21H20Cl2N6O2/c1-28-11-15(10-25-28)13-4-14(9-24-8-13)20(30)26-18-2-3-29(12-18)21(31)27-19-6-16(22)5-17(23)7-19/h4-11,18H,2-3,12H2,1H3,(H,26,30)(H,27,31). The maximum Gasteiger partial charge on any atom is 0.321 e. The fraction of sp³-hybridized carbons (Fsp3) is 0.238. The molecule has 1 atom stereocenters. The zero-order valence-corrected chi connectivity index (χ0v) is 18.2. The van der Waals surface area contributed by atoms with Gasteiger partial charge in [-0.1, -0.05) is 23.2 Å². The Balaban J connectivity index is 1.35. The lowest BCUT2D eigenvalue weighted by Crippen LogP contribution is -2.39. The third-order valence-corrected chi connectivity index (χ3v) is 5.40. The smallest absolute Gasteiger partial charge is 0.321 e. The highest BCUT2D eigenvalue weighted by Gasteiger charge is 2.28. The molecule has 1 aliphatic heterocycles. The van der Waals surface area contributed by atoms with Gasteiger partial charge in [-0.25, -0.2) is 4.79 Å². The molecule has 2 N–H and O–H groups in total. The van der Waals surface area contributed by atoms with Crippen LogP contribution < -0.4 is 10.6 Å². The van der Waals surface area contributed by atoms with E-state index in [1.54, 1.807) is 46.2 Å². The SMILES string of the molecule is Cn1cc(-c2cncc(C(=O)NC3CCN(C(=O)Nc4cc(Cl)cc(Cl)c4)C3)c2)cn1. The number of carbonyl (C=O) groups is 2. The first-order chi connectivity index (χ1) is 14.9. The Labute approximate surface area is 189 Å². The first-order valence-corrected chi connectivity index (χ1v) is 10.4. The van der Waals surface area contributed by atoms with Crippen molar-refractivity contribution in [3.8, 4) is 11.1 Å². The van der Waals surface area contributed by atoms with Crippen LogP contribution in [0.25, 0.3) is 11.1 Å². The molecule has 0 radical (unpaired) electrons. The fourth-order valence-corrected chi connectivity index (χ4v) is 3.98.